The van der Waals surface area contributed by atoms with Crippen molar-refractivity contribution in [3.63, 3.8) is 0 Å². The maximum absolute atomic E-state index is 3.82. The van der Waals surface area contributed by atoms with E-state index in [9.17, 15) is 0 Å². The van der Waals surface area contributed by atoms with Gasteiger partial charge in [-0.25, -0.2) is 0 Å². The Balaban J connectivity index is 3.79. The van der Waals surface area contributed by atoms with Gasteiger partial charge < -0.3 is 5.32 Å². The molecule has 0 aliphatic rings. The molecule has 1 atom stereocenters. The van der Waals surface area contributed by atoms with Crippen molar-refractivity contribution in [1.82, 2.24) is 10.2 Å². The highest BCUT2D eigenvalue weighted by Gasteiger charge is 2.10. The van der Waals surface area contributed by atoms with E-state index in [1.807, 2.05) is 6.08 Å². The first-order valence-corrected chi connectivity index (χ1v) is 6.20. The van der Waals surface area contributed by atoms with Gasteiger partial charge in [-0.3, -0.25) is 4.90 Å². The zero-order valence-corrected chi connectivity index (χ0v) is 10.9. The van der Waals surface area contributed by atoms with Crippen molar-refractivity contribution in [1.29, 1.82) is 0 Å². The highest BCUT2D eigenvalue weighted by atomic mass is 15.1. The Hall–Kier alpha value is -0.340. The molecule has 90 valence electrons. The summed E-state index contributed by atoms with van der Waals surface area (Å²) in [5.41, 5.74) is 0. The van der Waals surface area contributed by atoms with Crippen LogP contribution in [0.3, 0.4) is 0 Å². The van der Waals surface area contributed by atoms with Gasteiger partial charge in [-0.15, -0.1) is 6.58 Å². The number of rotatable bonds is 9. The fourth-order valence-corrected chi connectivity index (χ4v) is 1.71. The van der Waals surface area contributed by atoms with E-state index in [0.29, 0.717) is 12.1 Å². The van der Waals surface area contributed by atoms with Gasteiger partial charge in [-0.2, -0.15) is 0 Å². The molecule has 2 nitrogen and oxygen atoms in total. The summed E-state index contributed by atoms with van der Waals surface area (Å²) < 4.78 is 0. The van der Waals surface area contributed by atoms with Crippen LogP contribution < -0.4 is 5.32 Å². The predicted molar refractivity (Wildman–Crippen MR) is 69.3 cm³/mol. The van der Waals surface area contributed by atoms with Crippen molar-refractivity contribution in [3.8, 4) is 0 Å². The molecule has 0 amide bonds. The van der Waals surface area contributed by atoms with E-state index in [1.165, 1.54) is 19.4 Å². The molecule has 0 saturated heterocycles. The molecule has 0 heterocycles. The molecular formula is C13H28N2. The summed E-state index contributed by atoms with van der Waals surface area (Å²) in [6.07, 6.45) is 4.43. The fourth-order valence-electron chi connectivity index (χ4n) is 1.71. The van der Waals surface area contributed by atoms with E-state index in [0.717, 1.165) is 13.1 Å². The van der Waals surface area contributed by atoms with Gasteiger partial charge in [0, 0.05) is 18.6 Å². The Kier molecular flexibility index (Phi) is 8.73. The minimum absolute atomic E-state index is 0.594. The standard InChI is InChI=1S/C13H28N2/c1-6-10-15(11-7-2)13(5)8-9-14-12(3)4/h6,12-14H,1,7-11H2,2-5H3. The van der Waals surface area contributed by atoms with Gasteiger partial charge >= 0.3 is 0 Å². The molecule has 0 bridgehead atoms. The molecule has 0 fully saturated rings. The monoisotopic (exact) mass is 212 g/mol. The second-order valence-electron chi connectivity index (χ2n) is 4.53. The first-order valence-electron chi connectivity index (χ1n) is 6.20. The van der Waals surface area contributed by atoms with E-state index in [1.54, 1.807) is 0 Å². The third kappa shape index (κ3) is 7.57. The summed E-state index contributed by atoms with van der Waals surface area (Å²) >= 11 is 0. The van der Waals surface area contributed by atoms with Crippen LogP contribution in [0.15, 0.2) is 12.7 Å². The number of nitrogens with zero attached hydrogens (tertiary/aromatic N) is 1. The zero-order valence-electron chi connectivity index (χ0n) is 10.9. The topological polar surface area (TPSA) is 15.3 Å². The minimum Gasteiger partial charge on any atom is -0.314 e. The summed E-state index contributed by atoms with van der Waals surface area (Å²) in [4.78, 5) is 2.50. The largest absolute Gasteiger partial charge is 0.314 e. The lowest BCUT2D eigenvalue weighted by Gasteiger charge is -2.27. The van der Waals surface area contributed by atoms with E-state index in [2.05, 4.69) is 44.5 Å². The predicted octanol–water partition coefficient (Wildman–Crippen LogP) is 2.66. The Morgan fingerprint density at radius 2 is 2.00 bits per heavy atom. The zero-order chi connectivity index (χ0) is 11.7. The van der Waals surface area contributed by atoms with Crippen LogP contribution in [0.25, 0.3) is 0 Å². The van der Waals surface area contributed by atoms with Crippen molar-refractivity contribution in [2.24, 2.45) is 0 Å². The van der Waals surface area contributed by atoms with Crippen LogP contribution in [0.5, 0.6) is 0 Å². The van der Waals surface area contributed by atoms with Crippen LogP contribution in [-0.4, -0.2) is 36.6 Å². The second-order valence-corrected chi connectivity index (χ2v) is 4.53. The van der Waals surface area contributed by atoms with E-state index in [-0.39, 0.29) is 0 Å². The van der Waals surface area contributed by atoms with Crippen LogP contribution >= 0.6 is 0 Å². The third-order valence-corrected chi connectivity index (χ3v) is 2.61. The summed E-state index contributed by atoms with van der Waals surface area (Å²) in [6.45, 7) is 16.0. The minimum atomic E-state index is 0.594. The SMILES string of the molecule is C=CCN(CCC)C(C)CCNC(C)C. The molecule has 0 radical (unpaired) electrons. The molecule has 15 heavy (non-hydrogen) atoms. The Labute approximate surface area is 95.7 Å². The molecule has 0 aliphatic heterocycles. The third-order valence-electron chi connectivity index (χ3n) is 2.61. The Morgan fingerprint density at radius 3 is 2.47 bits per heavy atom. The molecule has 0 spiro atoms. The molecule has 0 aromatic heterocycles. The van der Waals surface area contributed by atoms with Crippen molar-refractivity contribution >= 4 is 0 Å². The normalized spacial score (nSPS) is 13.5. The van der Waals surface area contributed by atoms with Crippen molar-refractivity contribution in [2.75, 3.05) is 19.6 Å². The first-order chi connectivity index (χ1) is 7.11. The van der Waals surface area contributed by atoms with Gasteiger partial charge in [0.25, 0.3) is 0 Å². The maximum atomic E-state index is 3.82. The van der Waals surface area contributed by atoms with Gasteiger partial charge in [0.2, 0.25) is 0 Å². The van der Waals surface area contributed by atoms with Gasteiger partial charge in [0.05, 0.1) is 0 Å². The van der Waals surface area contributed by atoms with Gasteiger partial charge in [0.1, 0.15) is 0 Å². The van der Waals surface area contributed by atoms with Crippen LogP contribution in [0, 0.1) is 0 Å². The first kappa shape index (κ1) is 14.7. The van der Waals surface area contributed by atoms with Crippen LogP contribution in [0.4, 0.5) is 0 Å². The molecule has 2 heteroatoms. The molecule has 0 rings (SSSR count). The number of hydrogen-bond acceptors (Lipinski definition) is 2. The number of nitrogens with one attached hydrogen (secondary N) is 1. The average Bonchev–Trinajstić information content (AvgIpc) is 2.16. The van der Waals surface area contributed by atoms with Gasteiger partial charge in [0.15, 0.2) is 0 Å². The molecule has 1 N–H and O–H groups in total. The summed E-state index contributed by atoms with van der Waals surface area (Å²) in [7, 11) is 0. The van der Waals surface area contributed by atoms with Gasteiger partial charge in [-0.05, 0) is 32.9 Å². The van der Waals surface area contributed by atoms with Crippen molar-refractivity contribution in [2.45, 2.75) is 52.6 Å². The van der Waals surface area contributed by atoms with Gasteiger partial charge in [-0.1, -0.05) is 26.8 Å². The molecule has 0 aromatic rings. The lowest BCUT2D eigenvalue weighted by molar-refractivity contribution is 0.219. The molecular weight excluding hydrogens is 184 g/mol. The highest BCUT2D eigenvalue weighted by Crippen LogP contribution is 2.04. The van der Waals surface area contributed by atoms with E-state index >= 15 is 0 Å². The highest BCUT2D eigenvalue weighted by molar-refractivity contribution is 4.77. The summed E-state index contributed by atoms with van der Waals surface area (Å²) in [6, 6.07) is 1.24. The number of hydrogen-bond donors (Lipinski definition) is 1. The maximum Gasteiger partial charge on any atom is 0.0163 e. The summed E-state index contributed by atoms with van der Waals surface area (Å²) in [5.74, 6) is 0. The van der Waals surface area contributed by atoms with Crippen LogP contribution in [0.2, 0.25) is 0 Å². The summed E-state index contributed by atoms with van der Waals surface area (Å²) in [5, 5.41) is 3.46. The lowest BCUT2D eigenvalue weighted by Crippen LogP contribution is -2.37. The lowest BCUT2D eigenvalue weighted by atomic mass is 10.2. The smallest absolute Gasteiger partial charge is 0.0163 e. The molecule has 0 aliphatic carbocycles. The van der Waals surface area contributed by atoms with E-state index < -0.39 is 0 Å². The fraction of sp³-hybridized carbons (Fsp3) is 0.846. The molecule has 1 unspecified atom stereocenters. The van der Waals surface area contributed by atoms with Crippen LogP contribution in [-0.2, 0) is 0 Å². The molecule has 0 aromatic carbocycles. The average molecular weight is 212 g/mol. The Bertz CT molecular complexity index is 155. The quantitative estimate of drug-likeness (QED) is 0.591. The van der Waals surface area contributed by atoms with Crippen molar-refractivity contribution < 1.29 is 0 Å². The van der Waals surface area contributed by atoms with E-state index in [4.69, 9.17) is 0 Å². The molecule has 0 saturated carbocycles. The Morgan fingerprint density at radius 1 is 1.33 bits per heavy atom. The van der Waals surface area contributed by atoms with Crippen LogP contribution in [0.1, 0.15) is 40.5 Å². The van der Waals surface area contributed by atoms with Crippen molar-refractivity contribution in [3.05, 3.63) is 12.7 Å². The second kappa shape index (κ2) is 8.93.